The Morgan fingerprint density at radius 3 is 2.76 bits per heavy atom. The lowest BCUT2D eigenvalue weighted by molar-refractivity contribution is 0.102. The molecule has 3 aliphatic rings. The van der Waals surface area contributed by atoms with E-state index in [0.29, 0.717) is 72.1 Å². The highest BCUT2D eigenvalue weighted by molar-refractivity contribution is 8.13. The van der Waals surface area contributed by atoms with Crippen LogP contribution in [0.25, 0.3) is 0 Å². The van der Waals surface area contributed by atoms with Gasteiger partial charge < -0.3 is 30.2 Å². The molecule has 1 saturated heterocycles. The number of fused-ring (bicyclic) bond motifs is 4. The van der Waals surface area contributed by atoms with E-state index in [2.05, 4.69) is 20.2 Å². The molecule has 3 N–H and O–H groups in total. The molecule has 196 valence electrons. The molecule has 0 bridgehead atoms. The van der Waals surface area contributed by atoms with Crippen LogP contribution in [0.3, 0.4) is 0 Å². The van der Waals surface area contributed by atoms with Crippen molar-refractivity contribution in [3.05, 3.63) is 65.4 Å². The first-order chi connectivity index (χ1) is 18.5. The number of aromatic nitrogens is 2. The van der Waals surface area contributed by atoms with Crippen LogP contribution in [0, 0.1) is 5.82 Å². The summed E-state index contributed by atoms with van der Waals surface area (Å²) in [6.07, 6.45) is 3.29. The molecule has 2 aromatic carbocycles. The number of morpholine rings is 1. The van der Waals surface area contributed by atoms with Crippen molar-refractivity contribution >= 4 is 34.2 Å². The molecule has 4 heterocycles. The second kappa shape index (κ2) is 9.76. The number of halogens is 1. The first-order valence-corrected chi connectivity index (χ1v) is 13.1. The van der Waals surface area contributed by atoms with Gasteiger partial charge in [0.2, 0.25) is 5.88 Å². The summed E-state index contributed by atoms with van der Waals surface area (Å²) >= 11 is 1.46. The summed E-state index contributed by atoms with van der Waals surface area (Å²) in [6.45, 7) is 2.47. The number of ether oxygens (including phenoxy) is 3. The van der Waals surface area contributed by atoms with Crippen molar-refractivity contribution in [2.45, 2.75) is 12.0 Å². The van der Waals surface area contributed by atoms with Gasteiger partial charge in [-0.1, -0.05) is 11.8 Å². The molecule has 6 rings (SSSR count). The Kier molecular flexibility index (Phi) is 6.28. The normalized spacial score (nSPS) is 20.2. The zero-order chi connectivity index (χ0) is 26.3. The van der Waals surface area contributed by atoms with Crippen LogP contribution in [0.15, 0.2) is 47.7 Å². The molecule has 1 fully saturated rings. The number of thioether (sulfide) groups is 1. The number of hydrogen-bond donors (Lipinski definition) is 2. The van der Waals surface area contributed by atoms with Crippen LogP contribution in [0.2, 0.25) is 0 Å². The molecule has 1 atom stereocenters. The van der Waals surface area contributed by atoms with Crippen molar-refractivity contribution in [2.75, 3.05) is 49.4 Å². The van der Waals surface area contributed by atoms with Crippen molar-refractivity contribution in [3.63, 3.8) is 0 Å². The maximum atomic E-state index is 15.6. The van der Waals surface area contributed by atoms with Crippen LogP contribution in [-0.2, 0) is 10.3 Å². The smallest absolute Gasteiger partial charge is 0.275 e. The number of hydrogen-bond acceptors (Lipinski definition) is 10. The van der Waals surface area contributed by atoms with Gasteiger partial charge in [0.1, 0.15) is 17.0 Å². The second-order valence-corrected chi connectivity index (χ2v) is 10.1. The number of amides is 1. The van der Waals surface area contributed by atoms with E-state index in [-0.39, 0.29) is 11.4 Å². The Balaban J connectivity index is 1.41. The van der Waals surface area contributed by atoms with Crippen molar-refractivity contribution in [3.8, 4) is 17.4 Å². The van der Waals surface area contributed by atoms with E-state index >= 15 is 4.39 Å². The molecule has 12 heteroatoms. The SMILES string of the molecule is COc1cnc(C(=O)Nc2ccc3c(c2)[C@@]2(CCSC(N)=N2)c2cc(N4CCOCC4)cc(F)c2O3)cn1. The Morgan fingerprint density at radius 1 is 1.18 bits per heavy atom. The standard InChI is InChI=1S/C26H25FN6O4S/c1-35-22-14-29-20(13-30-22)24(34)31-15-2-3-21-17(10-15)26(4-9-38-25(28)32-26)18-11-16(12-19(27)23(18)37-21)33-5-7-36-8-6-33/h2-3,10-14H,4-9H2,1H3,(H2,28,32)(H,31,34)/t26-/m0/s1. The van der Waals surface area contributed by atoms with Crippen LogP contribution in [-0.4, -0.2) is 60.2 Å². The number of nitrogens with two attached hydrogens (primary N) is 1. The van der Waals surface area contributed by atoms with Crippen LogP contribution >= 0.6 is 11.8 Å². The molecule has 3 aliphatic heterocycles. The molecule has 1 spiro atoms. The zero-order valence-corrected chi connectivity index (χ0v) is 21.4. The van der Waals surface area contributed by atoms with Gasteiger partial charge in [-0.2, -0.15) is 0 Å². The van der Waals surface area contributed by atoms with Gasteiger partial charge in [0.05, 0.1) is 32.7 Å². The van der Waals surface area contributed by atoms with E-state index in [4.69, 9.17) is 24.9 Å². The van der Waals surface area contributed by atoms with E-state index in [9.17, 15) is 4.79 Å². The Labute approximate surface area is 222 Å². The molecule has 1 aromatic heterocycles. The highest BCUT2D eigenvalue weighted by Gasteiger charge is 2.45. The number of methoxy groups -OCH3 is 1. The van der Waals surface area contributed by atoms with Crippen molar-refractivity contribution in [1.82, 2.24) is 9.97 Å². The van der Waals surface area contributed by atoms with Gasteiger partial charge >= 0.3 is 0 Å². The van der Waals surface area contributed by atoms with Gasteiger partial charge in [-0.3, -0.25) is 4.79 Å². The molecule has 0 saturated carbocycles. The quantitative estimate of drug-likeness (QED) is 0.515. The van der Waals surface area contributed by atoms with E-state index in [1.165, 1.54) is 37.3 Å². The summed E-state index contributed by atoms with van der Waals surface area (Å²) < 4.78 is 32.1. The van der Waals surface area contributed by atoms with Gasteiger partial charge in [-0.25, -0.2) is 19.4 Å². The molecule has 0 aliphatic carbocycles. The summed E-state index contributed by atoms with van der Waals surface area (Å²) in [5.41, 5.74) is 7.97. The maximum absolute atomic E-state index is 15.6. The van der Waals surface area contributed by atoms with Crippen molar-refractivity contribution in [2.24, 2.45) is 10.7 Å². The topological polar surface area (TPSA) is 124 Å². The number of anilines is 2. The first-order valence-electron chi connectivity index (χ1n) is 12.1. The minimum Gasteiger partial charge on any atom is -0.480 e. The molecular weight excluding hydrogens is 511 g/mol. The van der Waals surface area contributed by atoms with Crippen molar-refractivity contribution in [1.29, 1.82) is 0 Å². The largest absolute Gasteiger partial charge is 0.480 e. The predicted octanol–water partition coefficient (Wildman–Crippen LogP) is 3.51. The van der Waals surface area contributed by atoms with Crippen LogP contribution in [0.1, 0.15) is 28.0 Å². The molecular formula is C26H25FN6O4S. The summed E-state index contributed by atoms with van der Waals surface area (Å²) in [7, 11) is 1.47. The van der Waals surface area contributed by atoms with Crippen molar-refractivity contribution < 1.29 is 23.4 Å². The lowest BCUT2D eigenvalue weighted by Crippen LogP contribution is -2.38. The third-order valence-corrected chi connectivity index (χ3v) is 7.63. The van der Waals surface area contributed by atoms with Crippen LogP contribution in [0.5, 0.6) is 17.4 Å². The average Bonchev–Trinajstić information content (AvgIpc) is 2.94. The lowest BCUT2D eigenvalue weighted by Gasteiger charge is -2.40. The number of nitrogens with one attached hydrogen (secondary N) is 1. The number of amidine groups is 1. The summed E-state index contributed by atoms with van der Waals surface area (Å²) in [4.78, 5) is 28.0. The number of carbonyl (C=O) groups excluding carboxylic acids is 1. The molecule has 1 amide bonds. The van der Waals surface area contributed by atoms with E-state index in [1.807, 2.05) is 6.07 Å². The third kappa shape index (κ3) is 4.29. The summed E-state index contributed by atoms with van der Waals surface area (Å²) in [5.74, 6) is 0.702. The van der Waals surface area contributed by atoms with Crippen LogP contribution < -0.4 is 25.4 Å². The molecule has 0 unspecified atom stereocenters. The fourth-order valence-electron chi connectivity index (χ4n) is 4.97. The fourth-order valence-corrected chi connectivity index (χ4v) is 5.80. The number of aliphatic imine (C=N–C) groups is 1. The van der Waals surface area contributed by atoms with Gasteiger partial charge in [-0.15, -0.1) is 0 Å². The molecule has 0 radical (unpaired) electrons. The number of benzene rings is 2. The van der Waals surface area contributed by atoms with Crippen LogP contribution in [0.4, 0.5) is 15.8 Å². The minimum absolute atomic E-state index is 0.133. The minimum atomic E-state index is -0.970. The van der Waals surface area contributed by atoms with E-state index in [0.717, 1.165) is 5.69 Å². The third-order valence-electron chi connectivity index (χ3n) is 6.83. The predicted molar refractivity (Wildman–Crippen MR) is 142 cm³/mol. The second-order valence-electron chi connectivity index (χ2n) is 9.02. The Bertz CT molecular complexity index is 1430. The zero-order valence-electron chi connectivity index (χ0n) is 20.6. The van der Waals surface area contributed by atoms with Gasteiger partial charge in [0.15, 0.2) is 16.7 Å². The summed E-state index contributed by atoms with van der Waals surface area (Å²) in [6, 6.07) is 8.64. The van der Waals surface area contributed by atoms with E-state index < -0.39 is 17.3 Å². The highest BCUT2D eigenvalue weighted by atomic mass is 32.2. The number of rotatable bonds is 4. The lowest BCUT2D eigenvalue weighted by atomic mass is 9.78. The van der Waals surface area contributed by atoms with Gasteiger partial charge in [-0.05, 0) is 30.7 Å². The molecule has 3 aromatic rings. The Hall–Kier alpha value is -3.90. The van der Waals surface area contributed by atoms with Gasteiger partial charge in [0.25, 0.3) is 5.91 Å². The first kappa shape index (κ1) is 24.4. The van der Waals surface area contributed by atoms with Gasteiger partial charge in [0, 0.05) is 47.4 Å². The number of nitrogens with zero attached hydrogens (tertiary/aromatic N) is 4. The summed E-state index contributed by atoms with van der Waals surface area (Å²) in [5, 5.41) is 3.27. The monoisotopic (exact) mass is 536 g/mol. The highest BCUT2D eigenvalue weighted by Crippen LogP contribution is 2.55. The number of carbonyl (C=O) groups is 1. The maximum Gasteiger partial charge on any atom is 0.275 e. The van der Waals surface area contributed by atoms with E-state index in [1.54, 1.807) is 18.2 Å². The Morgan fingerprint density at radius 2 is 2.03 bits per heavy atom. The molecule has 10 nitrogen and oxygen atoms in total. The average molecular weight is 537 g/mol. The fraction of sp³-hybridized carbons (Fsp3) is 0.308. The molecule has 38 heavy (non-hydrogen) atoms.